The fourth-order valence-corrected chi connectivity index (χ4v) is 5.10. The van der Waals surface area contributed by atoms with E-state index in [-0.39, 0.29) is 17.9 Å². The molecule has 1 heterocycles. The summed E-state index contributed by atoms with van der Waals surface area (Å²) in [6.07, 6.45) is 1.90. The number of nitrogens with one attached hydrogen (secondary N) is 1. The Kier molecular flexibility index (Phi) is 6.52. The normalized spacial score (nSPS) is 17.2. The van der Waals surface area contributed by atoms with Crippen molar-refractivity contribution in [1.29, 1.82) is 0 Å². The average Bonchev–Trinajstić information content (AvgIpc) is 2.73. The first-order valence-corrected chi connectivity index (χ1v) is 11.3. The van der Waals surface area contributed by atoms with Gasteiger partial charge in [-0.15, -0.1) is 0 Å². The van der Waals surface area contributed by atoms with Crippen molar-refractivity contribution >= 4 is 15.9 Å². The van der Waals surface area contributed by atoms with Crippen molar-refractivity contribution in [3.05, 3.63) is 65.7 Å². The molecule has 28 heavy (non-hydrogen) atoms. The number of hydrogen-bond donors (Lipinski definition) is 1. The number of carbonyl (C=O) groups excluding carboxylic acids is 1. The molecule has 1 fully saturated rings. The minimum absolute atomic E-state index is 0.0146. The number of aryl methyl sites for hydroxylation is 1. The van der Waals surface area contributed by atoms with E-state index in [0.29, 0.717) is 30.8 Å². The minimum Gasteiger partial charge on any atom is -0.349 e. The standard InChI is InChI=1S/C22H28N2O3S/c1-3-21(18-11-9-17(2)10-12-18)23-22(25)19-13-15-24(16-14-19)28(26,27)20-7-5-4-6-8-20/h4-12,19,21H,3,13-16H2,1-2H3,(H,23,25). The van der Waals surface area contributed by atoms with Crippen molar-refractivity contribution in [3.63, 3.8) is 0 Å². The SMILES string of the molecule is CCC(NC(=O)C1CCN(S(=O)(=O)c2ccccc2)CC1)c1ccc(C)cc1. The topological polar surface area (TPSA) is 66.5 Å². The zero-order valence-corrected chi connectivity index (χ0v) is 17.3. The van der Waals surface area contributed by atoms with Gasteiger partial charge in [-0.1, -0.05) is 55.0 Å². The van der Waals surface area contributed by atoms with Crippen molar-refractivity contribution in [2.75, 3.05) is 13.1 Å². The maximum absolute atomic E-state index is 12.8. The molecular weight excluding hydrogens is 372 g/mol. The molecule has 1 atom stereocenters. The van der Waals surface area contributed by atoms with Crippen molar-refractivity contribution < 1.29 is 13.2 Å². The molecule has 1 saturated heterocycles. The number of benzene rings is 2. The third-order valence-corrected chi connectivity index (χ3v) is 7.32. The van der Waals surface area contributed by atoms with E-state index in [1.807, 2.05) is 6.92 Å². The summed E-state index contributed by atoms with van der Waals surface area (Å²) in [4.78, 5) is 13.1. The maximum atomic E-state index is 12.8. The van der Waals surface area contributed by atoms with Gasteiger partial charge < -0.3 is 5.32 Å². The Balaban J connectivity index is 1.59. The van der Waals surface area contributed by atoms with Gasteiger partial charge in [0.25, 0.3) is 0 Å². The number of rotatable bonds is 6. The molecule has 1 aliphatic rings. The Morgan fingerprint density at radius 3 is 2.25 bits per heavy atom. The number of hydrogen-bond acceptors (Lipinski definition) is 3. The van der Waals surface area contributed by atoms with Gasteiger partial charge in [0.05, 0.1) is 10.9 Å². The van der Waals surface area contributed by atoms with Gasteiger partial charge in [-0.3, -0.25) is 4.79 Å². The summed E-state index contributed by atoms with van der Waals surface area (Å²) in [5, 5.41) is 3.15. The van der Waals surface area contributed by atoms with Crippen LogP contribution in [0.5, 0.6) is 0 Å². The van der Waals surface area contributed by atoms with E-state index in [4.69, 9.17) is 0 Å². The lowest BCUT2D eigenvalue weighted by Gasteiger charge is -2.31. The highest BCUT2D eigenvalue weighted by atomic mass is 32.2. The van der Waals surface area contributed by atoms with Crippen molar-refractivity contribution in [2.24, 2.45) is 5.92 Å². The molecule has 6 heteroatoms. The fraction of sp³-hybridized carbons (Fsp3) is 0.409. The van der Waals surface area contributed by atoms with Crippen LogP contribution in [0.1, 0.15) is 43.4 Å². The van der Waals surface area contributed by atoms with Gasteiger partial charge in [0.2, 0.25) is 15.9 Å². The lowest BCUT2D eigenvalue weighted by atomic mass is 9.95. The van der Waals surface area contributed by atoms with E-state index in [1.165, 1.54) is 9.87 Å². The number of sulfonamides is 1. The Hall–Kier alpha value is -2.18. The summed E-state index contributed by atoms with van der Waals surface area (Å²) in [5.41, 5.74) is 2.29. The van der Waals surface area contributed by atoms with Crippen LogP contribution in [0, 0.1) is 12.8 Å². The quantitative estimate of drug-likeness (QED) is 0.805. The second kappa shape index (κ2) is 8.88. The minimum atomic E-state index is -3.48. The van der Waals surface area contributed by atoms with Gasteiger partial charge >= 0.3 is 0 Å². The molecule has 2 aromatic rings. The van der Waals surface area contributed by atoms with Crippen LogP contribution in [0.2, 0.25) is 0 Å². The number of amides is 1. The molecule has 150 valence electrons. The van der Waals surface area contributed by atoms with Crippen molar-refractivity contribution in [3.8, 4) is 0 Å². The molecule has 0 aliphatic carbocycles. The largest absolute Gasteiger partial charge is 0.349 e. The first-order valence-electron chi connectivity index (χ1n) is 9.84. The Labute approximate surface area is 167 Å². The number of carbonyl (C=O) groups is 1. The summed E-state index contributed by atoms with van der Waals surface area (Å²) in [5.74, 6) is -0.133. The molecule has 2 aromatic carbocycles. The van der Waals surface area contributed by atoms with Crippen LogP contribution < -0.4 is 5.32 Å². The van der Waals surface area contributed by atoms with Gasteiger partial charge in [-0.05, 0) is 43.9 Å². The predicted octanol–water partition coefficient (Wildman–Crippen LogP) is 3.66. The van der Waals surface area contributed by atoms with E-state index < -0.39 is 10.0 Å². The van der Waals surface area contributed by atoms with Crippen LogP contribution >= 0.6 is 0 Å². The molecule has 1 amide bonds. The molecule has 0 spiro atoms. The van der Waals surface area contributed by atoms with E-state index in [9.17, 15) is 13.2 Å². The van der Waals surface area contributed by atoms with Crippen molar-refractivity contribution in [1.82, 2.24) is 9.62 Å². The lowest BCUT2D eigenvalue weighted by Crippen LogP contribution is -2.43. The highest BCUT2D eigenvalue weighted by molar-refractivity contribution is 7.89. The number of nitrogens with zero attached hydrogens (tertiary/aromatic N) is 1. The van der Waals surface area contributed by atoms with Gasteiger partial charge in [-0.25, -0.2) is 8.42 Å². The molecule has 1 unspecified atom stereocenters. The Bertz CT molecular complexity index is 887. The van der Waals surface area contributed by atoms with E-state index in [0.717, 1.165) is 12.0 Å². The third kappa shape index (κ3) is 4.62. The van der Waals surface area contributed by atoms with Crippen LogP contribution in [-0.4, -0.2) is 31.7 Å². The molecule has 1 aliphatic heterocycles. The summed E-state index contributed by atoms with van der Waals surface area (Å²) >= 11 is 0. The molecule has 0 aromatic heterocycles. The number of piperidine rings is 1. The summed E-state index contributed by atoms with van der Waals surface area (Å²) in [7, 11) is -3.48. The van der Waals surface area contributed by atoms with E-state index in [1.54, 1.807) is 30.3 Å². The molecule has 0 radical (unpaired) electrons. The highest BCUT2D eigenvalue weighted by Crippen LogP contribution is 2.25. The van der Waals surface area contributed by atoms with E-state index >= 15 is 0 Å². The summed E-state index contributed by atoms with van der Waals surface area (Å²) < 4.78 is 26.9. The van der Waals surface area contributed by atoms with Crippen LogP contribution in [0.3, 0.4) is 0 Å². The predicted molar refractivity (Wildman–Crippen MR) is 110 cm³/mol. The van der Waals surface area contributed by atoms with Gasteiger partial charge in [0.1, 0.15) is 0 Å². The zero-order chi connectivity index (χ0) is 20.1. The van der Waals surface area contributed by atoms with Crippen LogP contribution in [-0.2, 0) is 14.8 Å². The molecule has 0 bridgehead atoms. The average molecular weight is 401 g/mol. The van der Waals surface area contributed by atoms with Crippen LogP contribution in [0.15, 0.2) is 59.5 Å². The molecule has 1 N–H and O–H groups in total. The smallest absolute Gasteiger partial charge is 0.243 e. The fourth-order valence-electron chi connectivity index (χ4n) is 3.61. The first-order chi connectivity index (χ1) is 13.4. The third-order valence-electron chi connectivity index (χ3n) is 5.41. The van der Waals surface area contributed by atoms with Crippen LogP contribution in [0.4, 0.5) is 0 Å². The Morgan fingerprint density at radius 2 is 1.68 bits per heavy atom. The highest BCUT2D eigenvalue weighted by Gasteiger charge is 2.32. The zero-order valence-electron chi connectivity index (χ0n) is 16.5. The second-order valence-electron chi connectivity index (χ2n) is 7.37. The lowest BCUT2D eigenvalue weighted by molar-refractivity contribution is -0.126. The molecule has 5 nitrogen and oxygen atoms in total. The van der Waals surface area contributed by atoms with Crippen molar-refractivity contribution in [2.45, 2.75) is 44.0 Å². The van der Waals surface area contributed by atoms with Gasteiger partial charge in [-0.2, -0.15) is 4.31 Å². The second-order valence-corrected chi connectivity index (χ2v) is 9.31. The first kappa shape index (κ1) is 20.6. The van der Waals surface area contributed by atoms with E-state index in [2.05, 4.69) is 36.5 Å². The van der Waals surface area contributed by atoms with Gasteiger partial charge in [0, 0.05) is 19.0 Å². The van der Waals surface area contributed by atoms with Gasteiger partial charge in [0.15, 0.2) is 0 Å². The van der Waals surface area contributed by atoms with Crippen LogP contribution in [0.25, 0.3) is 0 Å². The Morgan fingerprint density at radius 1 is 1.07 bits per heavy atom. The molecular formula is C22H28N2O3S. The molecule has 0 saturated carbocycles. The maximum Gasteiger partial charge on any atom is 0.243 e. The molecule has 3 rings (SSSR count). The monoisotopic (exact) mass is 400 g/mol. The summed E-state index contributed by atoms with van der Waals surface area (Å²) in [6.45, 7) is 4.84. The summed E-state index contributed by atoms with van der Waals surface area (Å²) in [6, 6.07) is 16.7.